The van der Waals surface area contributed by atoms with E-state index < -0.39 is 0 Å². The van der Waals surface area contributed by atoms with Crippen molar-refractivity contribution in [1.29, 1.82) is 5.41 Å². The molecule has 0 atom stereocenters. The zero-order valence-corrected chi connectivity index (χ0v) is 8.26. The van der Waals surface area contributed by atoms with Crippen LogP contribution in [0.4, 0.5) is 0 Å². The molecule has 64 valence electrons. The molecule has 0 saturated heterocycles. The van der Waals surface area contributed by atoms with Gasteiger partial charge in [-0.25, -0.2) is 0 Å². The van der Waals surface area contributed by atoms with Crippen LogP contribution in [0.25, 0.3) is 0 Å². The lowest BCUT2D eigenvalue weighted by atomic mass is 10.1. The van der Waals surface area contributed by atoms with Crippen molar-refractivity contribution in [2.24, 2.45) is 5.73 Å². The third kappa shape index (κ3) is 2.66. The van der Waals surface area contributed by atoms with Crippen LogP contribution in [0.5, 0.6) is 0 Å². The Hall–Kier alpha value is -0.830. The van der Waals surface area contributed by atoms with Crippen molar-refractivity contribution in [3.05, 3.63) is 34.3 Å². The van der Waals surface area contributed by atoms with E-state index in [-0.39, 0.29) is 5.84 Å². The van der Waals surface area contributed by atoms with Gasteiger partial charge in [0.2, 0.25) is 0 Å². The molecule has 0 aromatic heterocycles. The van der Waals surface area contributed by atoms with E-state index in [1.54, 1.807) is 0 Å². The second-order valence-corrected chi connectivity index (χ2v) is 3.47. The number of halogens is 1. The molecule has 0 radical (unpaired) electrons. The summed E-state index contributed by atoms with van der Waals surface area (Å²) in [5, 5.41) is 7.08. The first-order chi connectivity index (χ1) is 5.70. The molecule has 3 heteroatoms. The lowest BCUT2D eigenvalue weighted by molar-refractivity contribution is 1.01. The van der Waals surface area contributed by atoms with Gasteiger partial charge in [0, 0.05) is 10.9 Å². The topological polar surface area (TPSA) is 49.9 Å². The highest BCUT2D eigenvalue weighted by molar-refractivity contribution is 9.10. The summed E-state index contributed by atoms with van der Waals surface area (Å²) in [7, 11) is 0. The quantitative estimate of drug-likeness (QED) is 0.604. The van der Waals surface area contributed by atoms with Crippen LogP contribution < -0.4 is 5.73 Å². The first-order valence-electron chi connectivity index (χ1n) is 3.76. The minimum Gasteiger partial charge on any atom is -0.388 e. The van der Waals surface area contributed by atoms with Crippen molar-refractivity contribution in [3.8, 4) is 0 Å². The minimum atomic E-state index is 0.241. The number of hydrogen-bond donors (Lipinski definition) is 2. The molecule has 3 N–H and O–H groups in total. The fourth-order valence-corrected chi connectivity index (χ4v) is 1.45. The molecule has 0 fully saturated rings. The van der Waals surface area contributed by atoms with Gasteiger partial charge in [-0.3, -0.25) is 5.41 Å². The second-order valence-electron chi connectivity index (χ2n) is 2.62. The highest BCUT2D eigenvalue weighted by atomic mass is 79.9. The molecule has 0 unspecified atom stereocenters. The summed E-state index contributed by atoms with van der Waals surface area (Å²) in [5.74, 6) is 0.241. The molecule has 0 bridgehead atoms. The van der Waals surface area contributed by atoms with Gasteiger partial charge in [-0.05, 0) is 18.1 Å². The SMILES string of the molecule is N=C(N)CCc1ccccc1Br. The van der Waals surface area contributed by atoms with Crippen LogP contribution in [-0.4, -0.2) is 5.84 Å². The van der Waals surface area contributed by atoms with Gasteiger partial charge in [-0.15, -0.1) is 0 Å². The third-order valence-electron chi connectivity index (χ3n) is 1.62. The van der Waals surface area contributed by atoms with Gasteiger partial charge >= 0.3 is 0 Å². The molecule has 2 nitrogen and oxygen atoms in total. The predicted octanol–water partition coefficient (Wildman–Crippen LogP) is 2.32. The van der Waals surface area contributed by atoms with Crippen molar-refractivity contribution in [1.82, 2.24) is 0 Å². The van der Waals surface area contributed by atoms with E-state index in [9.17, 15) is 0 Å². The fourth-order valence-electron chi connectivity index (χ4n) is 0.970. The van der Waals surface area contributed by atoms with E-state index in [1.165, 1.54) is 5.56 Å². The number of aryl methyl sites for hydroxylation is 1. The molecular formula is C9H11BrN2. The maximum Gasteiger partial charge on any atom is 0.0908 e. The zero-order chi connectivity index (χ0) is 8.97. The first-order valence-corrected chi connectivity index (χ1v) is 4.56. The van der Waals surface area contributed by atoms with Crippen LogP contribution in [0.1, 0.15) is 12.0 Å². The number of hydrogen-bond acceptors (Lipinski definition) is 1. The molecule has 0 aliphatic rings. The maximum absolute atomic E-state index is 7.08. The smallest absolute Gasteiger partial charge is 0.0908 e. The molecule has 0 heterocycles. The van der Waals surface area contributed by atoms with Crippen LogP contribution in [0.15, 0.2) is 28.7 Å². The number of benzene rings is 1. The van der Waals surface area contributed by atoms with Crippen LogP contribution in [0.3, 0.4) is 0 Å². The average molecular weight is 227 g/mol. The van der Waals surface area contributed by atoms with Crippen LogP contribution in [0, 0.1) is 5.41 Å². The maximum atomic E-state index is 7.08. The summed E-state index contributed by atoms with van der Waals surface area (Å²) in [6.07, 6.45) is 1.46. The predicted molar refractivity (Wildman–Crippen MR) is 54.4 cm³/mol. The van der Waals surface area contributed by atoms with Crippen LogP contribution in [0.2, 0.25) is 0 Å². The molecule has 0 aliphatic carbocycles. The largest absolute Gasteiger partial charge is 0.388 e. The zero-order valence-electron chi connectivity index (χ0n) is 6.68. The summed E-state index contributed by atoms with van der Waals surface area (Å²) in [5.41, 5.74) is 6.46. The van der Waals surface area contributed by atoms with Gasteiger partial charge in [-0.2, -0.15) is 0 Å². The molecule has 0 saturated carbocycles. The van der Waals surface area contributed by atoms with Crippen molar-refractivity contribution < 1.29 is 0 Å². The van der Waals surface area contributed by atoms with Gasteiger partial charge in [0.1, 0.15) is 0 Å². The van der Waals surface area contributed by atoms with Gasteiger partial charge in [0.25, 0.3) is 0 Å². The van der Waals surface area contributed by atoms with Gasteiger partial charge in [-0.1, -0.05) is 34.1 Å². The molecule has 0 spiro atoms. The highest BCUT2D eigenvalue weighted by Crippen LogP contribution is 2.16. The Balaban J connectivity index is 2.63. The van der Waals surface area contributed by atoms with E-state index in [2.05, 4.69) is 15.9 Å². The van der Waals surface area contributed by atoms with E-state index >= 15 is 0 Å². The van der Waals surface area contributed by atoms with E-state index in [0.717, 1.165) is 10.9 Å². The summed E-state index contributed by atoms with van der Waals surface area (Å²) in [6.45, 7) is 0. The van der Waals surface area contributed by atoms with Gasteiger partial charge < -0.3 is 5.73 Å². The van der Waals surface area contributed by atoms with Gasteiger partial charge in [0.05, 0.1) is 5.84 Å². The molecule has 0 aliphatic heterocycles. The van der Waals surface area contributed by atoms with Crippen LogP contribution in [-0.2, 0) is 6.42 Å². The first kappa shape index (κ1) is 9.26. The summed E-state index contributed by atoms with van der Waals surface area (Å²) in [6, 6.07) is 7.99. The van der Waals surface area contributed by atoms with Crippen molar-refractivity contribution in [2.45, 2.75) is 12.8 Å². The molecule has 1 aromatic carbocycles. The Morgan fingerprint density at radius 2 is 2.08 bits per heavy atom. The third-order valence-corrected chi connectivity index (χ3v) is 2.40. The number of amidine groups is 1. The summed E-state index contributed by atoms with van der Waals surface area (Å²) < 4.78 is 1.09. The average Bonchev–Trinajstić information content (AvgIpc) is 2.03. The standard InChI is InChI=1S/C9H11BrN2/c10-8-4-2-1-3-7(8)5-6-9(11)12/h1-4H,5-6H2,(H3,11,12). The molecule has 1 aromatic rings. The molecule has 12 heavy (non-hydrogen) atoms. The van der Waals surface area contributed by atoms with E-state index in [4.69, 9.17) is 11.1 Å². The summed E-state index contributed by atoms with van der Waals surface area (Å²) in [4.78, 5) is 0. The van der Waals surface area contributed by atoms with Crippen molar-refractivity contribution >= 4 is 21.8 Å². The lowest BCUT2D eigenvalue weighted by Gasteiger charge is -2.02. The Labute approximate surface area is 80.4 Å². The summed E-state index contributed by atoms with van der Waals surface area (Å²) >= 11 is 3.44. The Bertz CT molecular complexity index is 284. The molecule has 1 rings (SSSR count). The van der Waals surface area contributed by atoms with Crippen LogP contribution >= 0.6 is 15.9 Å². The monoisotopic (exact) mass is 226 g/mol. The Morgan fingerprint density at radius 1 is 1.42 bits per heavy atom. The Kier molecular flexibility index (Phi) is 3.29. The number of nitrogens with one attached hydrogen (secondary N) is 1. The minimum absolute atomic E-state index is 0.241. The molecule has 0 amide bonds. The normalized spacial score (nSPS) is 9.75. The van der Waals surface area contributed by atoms with E-state index in [1.807, 2.05) is 24.3 Å². The van der Waals surface area contributed by atoms with Crippen molar-refractivity contribution in [3.63, 3.8) is 0 Å². The molecular weight excluding hydrogens is 216 g/mol. The number of rotatable bonds is 3. The van der Waals surface area contributed by atoms with E-state index in [0.29, 0.717) is 6.42 Å². The second kappa shape index (κ2) is 4.26. The highest BCUT2D eigenvalue weighted by Gasteiger charge is 1.98. The van der Waals surface area contributed by atoms with Gasteiger partial charge in [0.15, 0.2) is 0 Å². The lowest BCUT2D eigenvalue weighted by Crippen LogP contribution is -2.10. The fraction of sp³-hybridized carbons (Fsp3) is 0.222. The number of nitrogens with two attached hydrogens (primary N) is 1. The van der Waals surface area contributed by atoms with Crippen molar-refractivity contribution in [2.75, 3.05) is 0 Å². The Morgan fingerprint density at radius 3 is 2.67 bits per heavy atom.